The van der Waals surface area contributed by atoms with Crippen LogP contribution in [0.2, 0.25) is 5.02 Å². The van der Waals surface area contributed by atoms with Crippen molar-refractivity contribution in [1.29, 1.82) is 0 Å². The van der Waals surface area contributed by atoms with E-state index >= 15 is 0 Å². The zero-order valence-corrected chi connectivity index (χ0v) is 17.5. The van der Waals surface area contributed by atoms with E-state index in [1.165, 1.54) is 31.4 Å². The number of aliphatic hydroxyl groups is 3. The quantitative estimate of drug-likeness (QED) is 0.366. The third-order valence-electron chi connectivity index (χ3n) is 4.91. The Morgan fingerprint density at radius 1 is 1.00 bits per heavy atom. The summed E-state index contributed by atoms with van der Waals surface area (Å²) in [5.74, 6) is -0.609. The molecule has 1 saturated heterocycles. The maximum absolute atomic E-state index is 12.1. The summed E-state index contributed by atoms with van der Waals surface area (Å²) in [6.07, 6.45) is 0.168. The van der Waals surface area contributed by atoms with Gasteiger partial charge in [0.15, 0.2) is 6.29 Å². The van der Waals surface area contributed by atoms with Crippen molar-refractivity contribution in [3.63, 3.8) is 0 Å². The molecular weight excluding hydrogens is 400 g/mol. The second kappa shape index (κ2) is 12.5. The SMILES string of the molecule is CCCCCCCCO[C@@H]1O[C@H](COC(=O)c2ccc(Cl)cc2)[C@@H](O)[C@H](O)[C@H]1O. The van der Waals surface area contributed by atoms with Crippen LogP contribution in [0.4, 0.5) is 0 Å². The highest BCUT2D eigenvalue weighted by molar-refractivity contribution is 6.30. The first-order valence-corrected chi connectivity index (χ1v) is 10.6. The molecule has 29 heavy (non-hydrogen) atoms. The Morgan fingerprint density at radius 3 is 2.34 bits per heavy atom. The minimum atomic E-state index is -1.46. The molecule has 1 aromatic rings. The number of carbonyl (C=O) groups excluding carboxylic acids is 1. The summed E-state index contributed by atoms with van der Waals surface area (Å²) in [4.78, 5) is 12.1. The van der Waals surface area contributed by atoms with E-state index in [1.54, 1.807) is 12.1 Å². The average Bonchev–Trinajstić information content (AvgIpc) is 2.72. The second-order valence-electron chi connectivity index (χ2n) is 7.26. The van der Waals surface area contributed by atoms with Crippen molar-refractivity contribution >= 4 is 17.6 Å². The fraction of sp³-hybridized carbons (Fsp3) is 0.667. The molecule has 0 spiro atoms. The highest BCUT2D eigenvalue weighted by Gasteiger charge is 2.44. The van der Waals surface area contributed by atoms with E-state index in [-0.39, 0.29) is 6.61 Å². The number of hydrogen-bond donors (Lipinski definition) is 3. The summed E-state index contributed by atoms with van der Waals surface area (Å²) in [5, 5.41) is 30.8. The summed E-state index contributed by atoms with van der Waals surface area (Å²) in [5.41, 5.74) is 0.302. The summed E-state index contributed by atoms with van der Waals surface area (Å²) in [6.45, 7) is 2.24. The Morgan fingerprint density at radius 2 is 1.66 bits per heavy atom. The van der Waals surface area contributed by atoms with Gasteiger partial charge in [-0.15, -0.1) is 0 Å². The Kier molecular flexibility index (Phi) is 10.3. The number of esters is 1. The van der Waals surface area contributed by atoms with Crippen LogP contribution in [0.1, 0.15) is 55.8 Å². The number of hydrogen-bond acceptors (Lipinski definition) is 7. The summed E-state index contributed by atoms with van der Waals surface area (Å²) < 4.78 is 16.3. The van der Waals surface area contributed by atoms with Crippen molar-refractivity contribution in [3.05, 3.63) is 34.9 Å². The molecule has 3 N–H and O–H groups in total. The number of aliphatic hydroxyl groups excluding tert-OH is 3. The van der Waals surface area contributed by atoms with Crippen LogP contribution in [0.25, 0.3) is 0 Å². The van der Waals surface area contributed by atoms with Gasteiger partial charge in [-0.1, -0.05) is 50.6 Å². The molecule has 1 aromatic carbocycles. The average molecular weight is 431 g/mol. The van der Waals surface area contributed by atoms with E-state index in [9.17, 15) is 20.1 Å². The molecule has 1 fully saturated rings. The highest BCUT2D eigenvalue weighted by Crippen LogP contribution is 2.23. The monoisotopic (exact) mass is 430 g/mol. The van der Waals surface area contributed by atoms with Crippen LogP contribution in [0.15, 0.2) is 24.3 Å². The van der Waals surface area contributed by atoms with Gasteiger partial charge >= 0.3 is 5.97 Å². The van der Waals surface area contributed by atoms with Gasteiger partial charge in [-0.2, -0.15) is 0 Å². The maximum Gasteiger partial charge on any atom is 0.338 e. The number of carbonyl (C=O) groups is 1. The van der Waals surface area contributed by atoms with Crippen LogP contribution in [-0.2, 0) is 14.2 Å². The smallest absolute Gasteiger partial charge is 0.338 e. The van der Waals surface area contributed by atoms with Gasteiger partial charge in [-0.3, -0.25) is 0 Å². The lowest BCUT2D eigenvalue weighted by Gasteiger charge is -2.40. The molecule has 164 valence electrons. The molecule has 0 aromatic heterocycles. The van der Waals surface area contributed by atoms with Crippen LogP contribution >= 0.6 is 11.6 Å². The van der Waals surface area contributed by atoms with Crippen LogP contribution in [0, 0.1) is 0 Å². The third-order valence-corrected chi connectivity index (χ3v) is 5.16. The van der Waals surface area contributed by atoms with Crippen molar-refractivity contribution in [2.75, 3.05) is 13.2 Å². The Hall–Kier alpha value is -1.22. The third kappa shape index (κ3) is 7.51. The Balaban J connectivity index is 1.79. The molecule has 7 nitrogen and oxygen atoms in total. The second-order valence-corrected chi connectivity index (χ2v) is 7.70. The largest absolute Gasteiger partial charge is 0.459 e. The first-order valence-electron chi connectivity index (χ1n) is 10.2. The van der Waals surface area contributed by atoms with Crippen LogP contribution < -0.4 is 0 Å². The van der Waals surface area contributed by atoms with Gasteiger partial charge in [-0.05, 0) is 30.7 Å². The Labute approximate surface area is 176 Å². The van der Waals surface area contributed by atoms with Crippen molar-refractivity contribution in [2.45, 2.75) is 76.2 Å². The van der Waals surface area contributed by atoms with Gasteiger partial charge in [0.1, 0.15) is 31.0 Å². The molecule has 1 heterocycles. The van der Waals surface area contributed by atoms with Crippen molar-refractivity contribution < 1.29 is 34.3 Å². The van der Waals surface area contributed by atoms with Crippen LogP contribution in [0.5, 0.6) is 0 Å². The lowest BCUT2D eigenvalue weighted by molar-refractivity contribution is -0.301. The minimum absolute atomic E-state index is 0.288. The standard InChI is InChI=1S/C21H31ClO7/c1-2-3-4-5-6-7-12-27-21-19(25)18(24)17(23)16(29-21)13-28-20(26)14-8-10-15(22)11-9-14/h8-11,16-19,21,23-25H,2-7,12-13H2,1H3/t16-,17-,18+,19-,21-/m1/s1. The normalized spacial score (nSPS) is 27.0. The van der Waals surface area contributed by atoms with E-state index < -0.39 is 36.7 Å². The predicted octanol–water partition coefficient (Wildman–Crippen LogP) is 2.68. The summed E-state index contributed by atoms with van der Waals surface area (Å²) >= 11 is 5.79. The highest BCUT2D eigenvalue weighted by atomic mass is 35.5. The number of ether oxygens (including phenoxy) is 3. The molecule has 5 atom stereocenters. The van der Waals surface area contributed by atoms with Gasteiger partial charge in [0.05, 0.1) is 5.56 Å². The maximum atomic E-state index is 12.1. The molecule has 0 unspecified atom stereocenters. The molecule has 0 bridgehead atoms. The van der Waals surface area contributed by atoms with E-state index in [1.807, 2.05) is 0 Å². The van der Waals surface area contributed by atoms with Crippen molar-refractivity contribution in [2.24, 2.45) is 0 Å². The van der Waals surface area contributed by atoms with Crippen LogP contribution in [-0.4, -0.2) is 65.2 Å². The van der Waals surface area contributed by atoms with Gasteiger partial charge in [0.2, 0.25) is 0 Å². The topological polar surface area (TPSA) is 105 Å². The molecular formula is C21H31ClO7. The van der Waals surface area contributed by atoms with E-state index in [0.29, 0.717) is 17.2 Å². The van der Waals surface area contributed by atoms with E-state index in [2.05, 4.69) is 6.92 Å². The predicted molar refractivity (Wildman–Crippen MR) is 108 cm³/mol. The molecule has 0 radical (unpaired) electrons. The zero-order valence-electron chi connectivity index (χ0n) is 16.7. The summed E-state index contributed by atoms with van der Waals surface area (Å²) in [7, 11) is 0. The lowest BCUT2D eigenvalue weighted by Crippen LogP contribution is -2.59. The van der Waals surface area contributed by atoms with Crippen molar-refractivity contribution in [1.82, 2.24) is 0 Å². The fourth-order valence-corrected chi connectivity index (χ4v) is 3.23. The molecule has 1 aliphatic rings. The van der Waals surface area contributed by atoms with E-state index in [4.69, 9.17) is 25.8 Å². The van der Waals surface area contributed by atoms with Crippen molar-refractivity contribution in [3.8, 4) is 0 Å². The fourth-order valence-electron chi connectivity index (χ4n) is 3.10. The van der Waals surface area contributed by atoms with Gasteiger partial charge < -0.3 is 29.5 Å². The number of halogens is 1. The first-order chi connectivity index (χ1) is 13.9. The van der Waals surface area contributed by atoms with Gasteiger partial charge in [0, 0.05) is 11.6 Å². The number of rotatable bonds is 11. The van der Waals surface area contributed by atoms with Gasteiger partial charge in [-0.25, -0.2) is 4.79 Å². The zero-order chi connectivity index (χ0) is 21.2. The Bertz CT molecular complexity index is 610. The molecule has 0 aliphatic carbocycles. The lowest BCUT2D eigenvalue weighted by atomic mass is 9.99. The van der Waals surface area contributed by atoms with Crippen LogP contribution in [0.3, 0.4) is 0 Å². The molecule has 2 rings (SSSR count). The minimum Gasteiger partial charge on any atom is -0.459 e. The molecule has 8 heteroatoms. The van der Waals surface area contributed by atoms with Gasteiger partial charge in [0.25, 0.3) is 0 Å². The number of unbranched alkanes of at least 4 members (excludes halogenated alkanes) is 5. The molecule has 1 aliphatic heterocycles. The molecule has 0 saturated carbocycles. The molecule has 0 amide bonds. The first kappa shape index (κ1) is 24.1. The van der Waals surface area contributed by atoms with E-state index in [0.717, 1.165) is 19.3 Å². The number of benzene rings is 1. The summed E-state index contributed by atoms with van der Waals surface area (Å²) in [6, 6.07) is 6.17.